The molecule has 2 aromatic carbocycles. The normalized spacial score (nSPS) is 16.1. The zero-order valence-corrected chi connectivity index (χ0v) is 15.7. The van der Waals surface area contributed by atoms with Crippen molar-refractivity contribution in [3.8, 4) is 0 Å². The zero-order valence-electron chi connectivity index (χ0n) is 14.8. The molecule has 27 heavy (non-hydrogen) atoms. The van der Waals surface area contributed by atoms with Crippen LogP contribution in [0.15, 0.2) is 62.6 Å². The van der Waals surface area contributed by atoms with Gasteiger partial charge in [-0.1, -0.05) is 24.3 Å². The number of benzene rings is 2. The quantitative estimate of drug-likeness (QED) is 0.686. The third-order valence-corrected chi connectivity index (χ3v) is 5.61. The first kappa shape index (κ1) is 17.8. The maximum absolute atomic E-state index is 13.2. The fraction of sp³-hybridized carbons (Fsp3) is 0.238. The van der Waals surface area contributed by atoms with Gasteiger partial charge in [-0.3, -0.25) is 9.59 Å². The number of fused-ring (bicyclic) bond motifs is 2. The highest BCUT2D eigenvalue weighted by molar-refractivity contribution is 7.98. The number of hydrogen-bond acceptors (Lipinski definition) is 5. The molecule has 0 fully saturated rings. The van der Waals surface area contributed by atoms with Gasteiger partial charge in [0.25, 0.3) is 5.91 Å². The number of nitrogens with zero attached hydrogens (tertiary/aromatic N) is 1. The van der Waals surface area contributed by atoms with Crippen molar-refractivity contribution >= 4 is 28.6 Å². The minimum absolute atomic E-state index is 0.0262. The Labute approximate surface area is 160 Å². The molecule has 4 rings (SSSR count). The van der Waals surface area contributed by atoms with Gasteiger partial charge in [0.2, 0.25) is 5.76 Å². The molecule has 0 unspecified atom stereocenters. The molecule has 1 aromatic heterocycles. The molecule has 0 radical (unpaired) electrons. The van der Waals surface area contributed by atoms with E-state index in [2.05, 4.69) is 0 Å². The summed E-state index contributed by atoms with van der Waals surface area (Å²) in [5, 5.41) is 9.71. The highest BCUT2D eigenvalue weighted by Gasteiger charge is 2.42. The van der Waals surface area contributed by atoms with Crippen molar-refractivity contribution in [1.29, 1.82) is 0 Å². The van der Waals surface area contributed by atoms with Crippen LogP contribution < -0.4 is 5.43 Å². The van der Waals surface area contributed by atoms with E-state index in [9.17, 15) is 14.7 Å². The average molecular weight is 381 g/mol. The molecule has 3 aromatic rings. The number of rotatable bonds is 5. The van der Waals surface area contributed by atoms with Crippen LogP contribution in [0.2, 0.25) is 0 Å². The summed E-state index contributed by atoms with van der Waals surface area (Å²) in [6.45, 7) is 0.325. The van der Waals surface area contributed by atoms with Crippen molar-refractivity contribution < 1.29 is 14.3 Å². The molecule has 1 aliphatic rings. The molecular weight excluding hydrogens is 362 g/mol. The Morgan fingerprint density at radius 3 is 2.56 bits per heavy atom. The largest absolute Gasteiger partial charge is 0.450 e. The number of para-hydroxylation sites is 1. The molecule has 5 nitrogen and oxygen atoms in total. The van der Waals surface area contributed by atoms with Crippen LogP contribution in [0.3, 0.4) is 0 Å². The number of hydrogen-bond donors (Lipinski definition) is 1. The van der Waals surface area contributed by atoms with Crippen molar-refractivity contribution in [2.75, 3.05) is 19.4 Å². The van der Waals surface area contributed by atoms with E-state index in [4.69, 9.17) is 4.42 Å². The van der Waals surface area contributed by atoms with Crippen LogP contribution in [0.5, 0.6) is 0 Å². The van der Waals surface area contributed by atoms with Crippen LogP contribution in [0.25, 0.3) is 11.0 Å². The molecule has 0 bridgehead atoms. The summed E-state index contributed by atoms with van der Waals surface area (Å²) in [4.78, 5) is 28.9. The second-order valence-corrected chi connectivity index (χ2v) is 7.30. The zero-order chi connectivity index (χ0) is 19.0. The van der Waals surface area contributed by atoms with Gasteiger partial charge in [-0.2, -0.15) is 0 Å². The van der Waals surface area contributed by atoms with Crippen molar-refractivity contribution in [1.82, 2.24) is 4.90 Å². The smallest absolute Gasteiger partial charge is 0.290 e. The molecule has 0 saturated carbocycles. The van der Waals surface area contributed by atoms with Crippen LogP contribution in [0, 0.1) is 0 Å². The minimum atomic E-state index is -0.504. The van der Waals surface area contributed by atoms with E-state index in [1.807, 2.05) is 30.5 Å². The number of aliphatic hydroxyl groups excluding tert-OH is 1. The maximum Gasteiger partial charge on any atom is 0.290 e. The molecule has 1 aliphatic heterocycles. The molecule has 1 N–H and O–H groups in total. The molecular formula is C21H19NO4S. The lowest BCUT2D eigenvalue weighted by Crippen LogP contribution is -2.31. The van der Waals surface area contributed by atoms with Gasteiger partial charge >= 0.3 is 0 Å². The number of carbonyl (C=O) groups excluding carboxylic acids is 1. The summed E-state index contributed by atoms with van der Waals surface area (Å²) in [6, 6.07) is 14.3. The summed E-state index contributed by atoms with van der Waals surface area (Å²) in [5.41, 5.74) is 1.48. The van der Waals surface area contributed by atoms with Crippen LogP contribution in [0.4, 0.5) is 0 Å². The van der Waals surface area contributed by atoms with Crippen molar-refractivity contribution in [3.05, 3.63) is 75.6 Å². The van der Waals surface area contributed by atoms with Crippen LogP contribution in [-0.2, 0) is 0 Å². The van der Waals surface area contributed by atoms with Gasteiger partial charge in [-0.15, -0.1) is 11.8 Å². The first-order valence-electron chi connectivity index (χ1n) is 8.77. The topological polar surface area (TPSA) is 70.8 Å². The number of carbonyl (C=O) groups is 1. The Morgan fingerprint density at radius 1 is 1.11 bits per heavy atom. The fourth-order valence-corrected chi connectivity index (χ4v) is 3.98. The summed E-state index contributed by atoms with van der Waals surface area (Å²) < 4.78 is 5.85. The SMILES string of the molecule is CSc1ccc([C@H]2c3c(oc4ccccc4c3=O)C(=O)N2CCCO)cc1. The summed E-state index contributed by atoms with van der Waals surface area (Å²) >= 11 is 1.63. The van der Waals surface area contributed by atoms with E-state index in [0.29, 0.717) is 29.5 Å². The second kappa shape index (κ2) is 7.21. The van der Waals surface area contributed by atoms with Crippen molar-refractivity contribution in [3.63, 3.8) is 0 Å². The Kier molecular flexibility index (Phi) is 4.76. The lowest BCUT2D eigenvalue weighted by atomic mass is 9.98. The number of aliphatic hydroxyl groups is 1. The van der Waals surface area contributed by atoms with Gasteiger partial charge in [0.15, 0.2) is 5.43 Å². The molecule has 0 spiro atoms. The monoisotopic (exact) mass is 381 g/mol. The van der Waals surface area contributed by atoms with E-state index in [1.165, 1.54) is 0 Å². The van der Waals surface area contributed by atoms with Crippen molar-refractivity contribution in [2.45, 2.75) is 17.4 Å². The van der Waals surface area contributed by atoms with Gasteiger partial charge in [0.1, 0.15) is 5.58 Å². The van der Waals surface area contributed by atoms with E-state index >= 15 is 0 Å². The van der Waals surface area contributed by atoms with Crippen LogP contribution in [-0.4, -0.2) is 35.3 Å². The predicted octanol–water partition coefficient (Wildman–Crippen LogP) is 3.44. The lowest BCUT2D eigenvalue weighted by molar-refractivity contribution is 0.0716. The van der Waals surface area contributed by atoms with Gasteiger partial charge < -0.3 is 14.4 Å². The van der Waals surface area contributed by atoms with Gasteiger partial charge in [-0.25, -0.2) is 0 Å². The molecule has 138 valence electrons. The van der Waals surface area contributed by atoms with E-state index in [-0.39, 0.29) is 23.7 Å². The van der Waals surface area contributed by atoms with E-state index in [0.717, 1.165) is 10.5 Å². The second-order valence-electron chi connectivity index (χ2n) is 6.42. The third-order valence-electron chi connectivity index (χ3n) is 4.86. The van der Waals surface area contributed by atoms with E-state index in [1.54, 1.807) is 40.9 Å². The van der Waals surface area contributed by atoms with Crippen LogP contribution >= 0.6 is 11.8 Å². The molecule has 2 heterocycles. The molecule has 6 heteroatoms. The van der Waals surface area contributed by atoms with Gasteiger partial charge in [0, 0.05) is 18.0 Å². The predicted molar refractivity (Wildman–Crippen MR) is 105 cm³/mol. The lowest BCUT2D eigenvalue weighted by Gasteiger charge is -2.25. The molecule has 1 amide bonds. The molecule has 1 atom stereocenters. The summed E-state index contributed by atoms with van der Waals surface area (Å²) in [5.74, 6) is -0.198. The molecule has 0 aliphatic carbocycles. The van der Waals surface area contributed by atoms with Crippen molar-refractivity contribution in [2.24, 2.45) is 0 Å². The highest BCUT2D eigenvalue weighted by Crippen LogP contribution is 2.38. The summed E-state index contributed by atoms with van der Waals surface area (Å²) in [7, 11) is 0. The van der Waals surface area contributed by atoms with Gasteiger partial charge in [-0.05, 0) is 42.5 Å². The minimum Gasteiger partial charge on any atom is -0.450 e. The Balaban J connectivity index is 1.93. The fourth-order valence-electron chi connectivity index (χ4n) is 3.57. The Hall–Kier alpha value is -2.57. The maximum atomic E-state index is 13.2. The van der Waals surface area contributed by atoms with Gasteiger partial charge in [0.05, 0.1) is 17.0 Å². The first-order chi connectivity index (χ1) is 13.2. The highest BCUT2D eigenvalue weighted by atomic mass is 32.2. The number of thioether (sulfide) groups is 1. The Bertz CT molecular complexity index is 1060. The third kappa shape index (κ3) is 2.95. The first-order valence-corrected chi connectivity index (χ1v) is 9.99. The Morgan fingerprint density at radius 2 is 1.85 bits per heavy atom. The van der Waals surface area contributed by atoms with Crippen LogP contribution in [0.1, 0.15) is 34.1 Å². The average Bonchev–Trinajstić information content (AvgIpc) is 2.99. The number of amides is 1. The summed E-state index contributed by atoms with van der Waals surface area (Å²) in [6.07, 6.45) is 2.44. The standard InChI is InChI=1S/C21H19NO4S/c1-27-14-9-7-13(8-10-14)18-17-19(24)15-5-2-3-6-16(15)26-20(17)21(25)22(18)11-4-12-23/h2-3,5-10,18,23H,4,11-12H2,1H3/t18-/m0/s1. The molecule has 0 saturated heterocycles. The van der Waals surface area contributed by atoms with E-state index < -0.39 is 6.04 Å².